The molecule has 1 fully saturated rings. The molecule has 3 aromatic heterocycles. The van der Waals surface area contributed by atoms with Gasteiger partial charge in [0, 0.05) is 29.8 Å². The number of pyridine rings is 1. The summed E-state index contributed by atoms with van der Waals surface area (Å²) < 4.78 is 74.6. The molecular weight excluding hydrogens is 631 g/mol. The van der Waals surface area contributed by atoms with Crippen molar-refractivity contribution in [3.8, 4) is 21.3 Å². The van der Waals surface area contributed by atoms with E-state index in [-0.39, 0.29) is 28.5 Å². The summed E-state index contributed by atoms with van der Waals surface area (Å²) in [6.45, 7) is 4.39. The van der Waals surface area contributed by atoms with Crippen LogP contribution in [0.25, 0.3) is 32.1 Å². The summed E-state index contributed by atoms with van der Waals surface area (Å²) in [6.07, 6.45) is 3.82. The average molecular weight is 666 g/mol. The molecule has 0 radical (unpaired) electrons. The Bertz CT molecular complexity index is 1800. The molecule has 4 aromatic rings. The SMILES string of the molecule is CC[C@H](NS(=O)(=O)c1ccc(-c2sc(-c3nnc(CC(C)(C)C(=O)O)o3)nc2CC2CCCCC2)c2ccncc12)C(F)(F)F. The predicted molar refractivity (Wildman–Crippen MR) is 162 cm³/mol. The van der Waals surface area contributed by atoms with E-state index in [1.54, 1.807) is 26.0 Å². The van der Waals surface area contributed by atoms with Gasteiger partial charge in [-0.05, 0) is 50.1 Å². The lowest BCUT2D eigenvalue weighted by atomic mass is 9.85. The highest BCUT2D eigenvalue weighted by atomic mass is 32.2. The molecule has 0 spiro atoms. The highest BCUT2D eigenvalue weighted by molar-refractivity contribution is 7.89. The van der Waals surface area contributed by atoms with Gasteiger partial charge in [-0.1, -0.05) is 45.1 Å². The topological polar surface area (TPSA) is 148 Å². The smallest absolute Gasteiger partial charge is 0.404 e. The lowest BCUT2D eigenvalue weighted by Gasteiger charge is -2.21. The fourth-order valence-corrected chi connectivity index (χ4v) is 8.11. The number of carboxylic acids is 1. The minimum absolute atomic E-state index is 0.0251. The number of rotatable bonds is 11. The fourth-order valence-electron chi connectivity index (χ4n) is 5.55. The van der Waals surface area contributed by atoms with Crippen LogP contribution in [0.4, 0.5) is 13.2 Å². The number of sulfonamides is 1. The Labute approximate surface area is 262 Å². The van der Waals surface area contributed by atoms with Crippen LogP contribution in [0.1, 0.15) is 70.9 Å². The van der Waals surface area contributed by atoms with Crippen LogP contribution >= 0.6 is 11.3 Å². The molecule has 1 aromatic carbocycles. The molecule has 0 saturated heterocycles. The van der Waals surface area contributed by atoms with Crippen LogP contribution in [-0.2, 0) is 27.7 Å². The zero-order valence-electron chi connectivity index (χ0n) is 25.0. The van der Waals surface area contributed by atoms with Crippen molar-refractivity contribution < 1.29 is 35.9 Å². The molecule has 242 valence electrons. The first-order valence-electron chi connectivity index (χ1n) is 14.7. The Morgan fingerprint density at radius 1 is 1.13 bits per heavy atom. The van der Waals surface area contributed by atoms with E-state index < -0.39 is 40.0 Å². The first-order valence-corrected chi connectivity index (χ1v) is 17.0. The second kappa shape index (κ2) is 12.8. The van der Waals surface area contributed by atoms with Crippen molar-refractivity contribution in [1.29, 1.82) is 0 Å². The number of aliphatic carboxylic acids is 1. The van der Waals surface area contributed by atoms with E-state index in [1.165, 1.54) is 43.1 Å². The van der Waals surface area contributed by atoms with Gasteiger partial charge in [0.05, 0.1) is 20.9 Å². The van der Waals surface area contributed by atoms with E-state index in [1.807, 2.05) is 4.72 Å². The van der Waals surface area contributed by atoms with Crippen molar-refractivity contribution in [2.45, 2.75) is 89.3 Å². The molecular formula is C30H34F3N5O5S2. The standard InChI is InChI=1S/C30H34F3N5O5S2/c1-4-23(30(31,32)33)38-45(41,42)22-11-10-19(18-12-13-34-16-20(18)22)25-21(14-17-8-6-5-7-9-17)35-27(44-25)26-37-36-24(43-26)15-29(2,3)28(39)40/h10-13,16-17,23,38H,4-9,14-15H2,1-3H3,(H,39,40)/t23-/m0/s1. The van der Waals surface area contributed by atoms with Gasteiger partial charge in [0.25, 0.3) is 5.89 Å². The number of fused-ring (bicyclic) bond motifs is 1. The lowest BCUT2D eigenvalue weighted by molar-refractivity contribution is -0.151. The molecule has 1 aliphatic rings. The summed E-state index contributed by atoms with van der Waals surface area (Å²) in [7, 11) is -4.57. The number of nitrogens with one attached hydrogen (secondary N) is 1. The maximum atomic E-state index is 13.5. The molecule has 0 amide bonds. The van der Waals surface area contributed by atoms with Gasteiger partial charge in [0.15, 0.2) is 5.01 Å². The Morgan fingerprint density at radius 2 is 1.87 bits per heavy atom. The third-order valence-corrected chi connectivity index (χ3v) is 10.8. The molecule has 1 saturated carbocycles. The molecule has 10 nitrogen and oxygen atoms in total. The highest BCUT2D eigenvalue weighted by Crippen LogP contribution is 2.42. The average Bonchev–Trinajstić information content (AvgIpc) is 3.62. The van der Waals surface area contributed by atoms with Gasteiger partial charge in [0.1, 0.15) is 6.04 Å². The van der Waals surface area contributed by atoms with Crippen LogP contribution in [0.3, 0.4) is 0 Å². The molecule has 5 rings (SSSR count). The Hall–Kier alpha value is -3.43. The van der Waals surface area contributed by atoms with Crippen molar-refractivity contribution in [3.63, 3.8) is 0 Å². The number of hydrogen-bond acceptors (Lipinski definition) is 9. The van der Waals surface area contributed by atoms with E-state index in [0.717, 1.165) is 36.3 Å². The maximum absolute atomic E-state index is 13.5. The summed E-state index contributed by atoms with van der Waals surface area (Å²) in [4.78, 5) is 21.0. The van der Waals surface area contributed by atoms with Gasteiger partial charge in [-0.2, -0.15) is 17.9 Å². The number of aromatic nitrogens is 4. The van der Waals surface area contributed by atoms with E-state index in [9.17, 15) is 31.5 Å². The lowest BCUT2D eigenvalue weighted by Crippen LogP contribution is -2.44. The highest BCUT2D eigenvalue weighted by Gasteiger charge is 2.41. The van der Waals surface area contributed by atoms with Crippen LogP contribution in [0.15, 0.2) is 39.9 Å². The minimum Gasteiger partial charge on any atom is -0.481 e. The normalized spacial score (nSPS) is 15.9. The number of halogens is 3. The van der Waals surface area contributed by atoms with E-state index in [4.69, 9.17) is 9.40 Å². The summed E-state index contributed by atoms with van der Waals surface area (Å²) in [6, 6.07) is 2.28. The monoisotopic (exact) mass is 665 g/mol. The first-order chi connectivity index (χ1) is 21.2. The van der Waals surface area contributed by atoms with Gasteiger partial charge in [0.2, 0.25) is 15.9 Å². The Kier molecular flexibility index (Phi) is 9.34. The first kappa shape index (κ1) is 32.9. The minimum atomic E-state index is -4.75. The van der Waals surface area contributed by atoms with Gasteiger partial charge >= 0.3 is 12.1 Å². The Morgan fingerprint density at radius 3 is 2.53 bits per heavy atom. The third-order valence-electron chi connectivity index (χ3n) is 8.14. The number of thiazole rings is 1. The van der Waals surface area contributed by atoms with Crippen molar-refractivity contribution in [1.82, 2.24) is 24.9 Å². The number of carbonyl (C=O) groups is 1. The summed E-state index contributed by atoms with van der Waals surface area (Å²) >= 11 is 1.28. The van der Waals surface area contributed by atoms with Crippen LogP contribution in [0.2, 0.25) is 0 Å². The van der Waals surface area contributed by atoms with Crippen LogP contribution in [0, 0.1) is 11.3 Å². The second-order valence-electron chi connectivity index (χ2n) is 12.0. The zero-order valence-corrected chi connectivity index (χ0v) is 26.7. The number of hydrogen-bond donors (Lipinski definition) is 2. The molecule has 45 heavy (non-hydrogen) atoms. The second-order valence-corrected chi connectivity index (χ2v) is 14.7. The Balaban J connectivity index is 1.59. The van der Waals surface area contributed by atoms with Crippen molar-refractivity contribution in [3.05, 3.63) is 42.2 Å². The van der Waals surface area contributed by atoms with Gasteiger partial charge in [-0.25, -0.2) is 13.4 Å². The van der Waals surface area contributed by atoms with Gasteiger partial charge in [-0.3, -0.25) is 9.78 Å². The molecule has 0 unspecified atom stereocenters. The van der Waals surface area contributed by atoms with Gasteiger partial charge < -0.3 is 9.52 Å². The summed E-state index contributed by atoms with van der Waals surface area (Å²) in [5.74, 6) is -0.309. The molecule has 15 heteroatoms. The fraction of sp³-hybridized carbons (Fsp3) is 0.500. The van der Waals surface area contributed by atoms with E-state index in [2.05, 4.69) is 15.2 Å². The van der Waals surface area contributed by atoms with Crippen LogP contribution in [0.5, 0.6) is 0 Å². The van der Waals surface area contributed by atoms with Crippen molar-refractivity contribution >= 4 is 38.1 Å². The number of alkyl halides is 3. The summed E-state index contributed by atoms with van der Waals surface area (Å²) in [5.41, 5.74) is 0.295. The molecule has 3 heterocycles. The number of benzene rings is 1. The zero-order chi connectivity index (χ0) is 32.6. The molecule has 1 aliphatic carbocycles. The number of carboxylic acid groups (broad SMARTS) is 1. The van der Waals surface area contributed by atoms with Crippen molar-refractivity contribution in [2.75, 3.05) is 0 Å². The number of nitrogens with zero attached hydrogens (tertiary/aromatic N) is 4. The predicted octanol–water partition coefficient (Wildman–Crippen LogP) is 6.80. The molecule has 2 N–H and O–H groups in total. The molecule has 0 aliphatic heterocycles. The molecule has 1 atom stereocenters. The van der Waals surface area contributed by atoms with Crippen LogP contribution < -0.4 is 4.72 Å². The molecule has 0 bridgehead atoms. The third kappa shape index (κ3) is 7.20. The van der Waals surface area contributed by atoms with Crippen LogP contribution in [-0.4, -0.2) is 51.9 Å². The van der Waals surface area contributed by atoms with E-state index in [0.29, 0.717) is 28.3 Å². The van der Waals surface area contributed by atoms with Crippen molar-refractivity contribution in [2.24, 2.45) is 11.3 Å². The maximum Gasteiger partial charge on any atom is 0.404 e. The summed E-state index contributed by atoms with van der Waals surface area (Å²) in [5, 5.41) is 18.8. The largest absolute Gasteiger partial charge is 0.481 e. The quantitative estimate of drug-likeness (QED) is 0.176. The van der Waals surface area contributed by atoms with E-state index >= 15 is 0 Å². The van der Waals surface area contributed by atoms with Gasteiger partial charge in [-0.15, -0.1) is 21.5 Å².